The fraction of sp³-hybridized carbons (Fsp3) is 0.789. The molecule has 2 saturated heterocycles. The van der Waals surface area contributed by atoms with E-state index in [-0.39, 0.29) is 0 Å². The summed E-state index contributed by atoms with van der Waals surface area (Å²) < 4.78 is 0. The summed E-state index contributed by atoms with van der Waals surface area (Å²) in [7, 11) is 0. The largest absolute Gasteiger partial charge is 0.342 e. The third-order valence-corrected chi connectivity index (χ3v) is 6.23. The van der Waals surface area contributed by atoms with E-state index in [2.05, 4.69) is 31.8 Å². The van der Waals surface area contributed by atoms with E-state index < -0.39 is 0 Å². The molecule has 2 aliphatic heterocycles. The molecule has 4 rings (SSSR count). The summed E-state index contributed by atoms with van der Waals surface area (Å²) in [4.78, 5) is 19.4. The number of fused-ring (bicyclic) bond motifs is 1. The number of hydrogen-bond donors (Lipinski definition) is 1. The van der Waals surface area contributed by atoms with E-state index in [1.54, 1.807) is 0 Å². The van der Waals surface area contributed by atoms with Crippen LogP contribution in [0.3, 0.4) is 0 Å². The maximum absolute atomic E-state index is 12.5. The second-order valence-electron chi connectivity index (χ2n) is 8.10. The lowest BCUT2D eigenvalue weighted by Gasteiger charge is -2.36. The molecule has 2 fully saturated rings. The van der Waals surface area contributed by atoms with Gasteiger partial charge in [-0.1, -0.05) is 6.92 Å². The topological polar surface area (TPSA) is 55.5 Å². The fourth-order valence-corrected chi connectivity index (χ4v) is 4.39. The fourth-order valence-electron chi connectivity index (χ4n) is 4.39. The number of nitrogens with zero attached hydrogens (tertiary/aromatic N) is 4. The predicted octanol–water partition coefficient (Wildman–Crippen LogP) is 1.27. The number of piperidine rings is 1. The van der Waals surface area contributed by atoms with Gasteiger partial charge in [-0.3, -0.25) is 19.7 Å². The van der Waals surface area contributed by atoms with Crippen molar-refractivity contribution in [1.82, 2.24) is 24.9 Å². The Labute approximate surface area is 150 Å². The number of piperazine rings is 1. The minimum absolute atomic E-state index is 0.325. The summed E-state index contributed by atoms with van der Waals surface area (Å²) in [6.07, 6.45) is 5.93. The van der Waals surface area contributed by atoms with Crippen LogP contribution in [0.4, 0.5) is 0 Å². The van der Waals surface area contributed by atoms with Crippen LogP contribution >= 0.6 is 0 Å². The van der Waals surface area contributed by atoms with Crippen LogP contribution in [0.1, 0.15) is 43.1 Å². The number of likely N-dealkylation sites (tertiary alicyclic amines) is 1. The Morgan fingerprint density at radius 3 is 2.56 bits per heavy atom. The van der Waals surface area contributed by atoms with Crippen molar-refractivity contribution in [1.29, 1.82) is 0 Å². The Balaban J connectivity index is 1.22. The molecule has 25 heavy (non-hydrogen) atoms. The molecular formula is C19H31N5O. The number of aromatic nitrogens is 2. The van der Waals surface area contributed by atoms with Gasteiger partial charge >= 0.3 is 0 Å². The highest BCUT2D eigenvalue weighted by Crippen LogP contribution is 2.24. The molecule has 1 aromatic rings. The Kier molecular flexibility index (Phi) is 5.08. The number of nitrogens with one attached hydrogen (secondary N) is 1. The van der Waals surface area contributed by atoms with Crippen LogP contribution in [-0.4, -0.2) is 76.6 Å². The molecule has 1 aromatic heterocycles. The standard InChI is InChI=1S/C19H31N5O/c1-15-5-7-24(8-6-15)19(25)14-23-11-9-22(10-12-23)13-18-16-3-2-4-17(16)20-21-18/h15H,2-14H2,1H3,(H,20,21). The highest BCUT2D eigenvalue weighted by atomic mass is 16.2. The summed E-state index contributed by atoms with van der Waals surface area (Å²) in [6, 6.07) is 0. The lowest BCUT2D eigenvalue weighted by molar-refractivity contribution is -0.134. The molecule has 138 valence electrons. The molecule has 0 radical (unpaired) electrons. The smallest absolute Gasteiger partial charge is 0.236 e. The number of carbonyl (C=O) groups is 1. The molecule has 1 amide bonds. The minimum Gasteiger partial charge on any atom is -0.342 e. The number of rotatable bonds is 4. The van der Waals surface area contributed by atoms with E-state index in [9.17, 15) is 4.79 Å². The van der Waals surface area contributed by atoms with Gasteiger partial charge in [0.15, 0.2) is 0 Å². The number of aryl methyl sites for hydroxylation is 1. The van der Waals surface area contributed by atoms with Crippen molar-refractivity contribution in [2.45, 2.75) is 45.6 Å². The zero-order chi connectivity index (χ0) is 17.2. The van der Waals surface area contributed by atoms with E-state index in [1.807, 2.05) is 0 Å². The van der Waals surface area contributed by atoms with Crippen molar-refractivity contribution < 1.29 is 4.79 Å². The first-order valence-corrected chi connectivity index (χ1v) is 9.96. The van der Waals surface area contributed by atoms with Gasteiger partial charge in [-0.25, -0.2) is 0 Å². The van der Waals surface area contributed by atoms with E-state index in [4.69, 9.17) is 0 Å². The maximum Gasteiger partial charge on any atom is 0.236 e. The molecule has 0 bridgehead atoms. The molecule has 0 atom stereocenters. The van der Waals surface area contributed by atoms with Gasteiger partial charge in [0.25, 0.3) is 0 Å². The second-order valence-corrected chi connectivity index (χ2v) is 8.10. The third kappa shape index (κ3) is 3.90. The SMILES string of the molecule is CC1CCN(C(=O)CN2CCN(Cc3n[nH]c4c3CCC4)CC2)CC1. The second kappa shape index (κ2) is 7.46. The average molecular weight is 345 g/mol. The normalized spacial score (nSPS) is 23.2. The van der Waals surface area contributed by atoms with Crippen LogP contribution in [-0.2, 0) is 24.2 Å². The molecule has 3 heterocycles. The van der Waals surface area contributed by atoms with Gasteiger partial charge in [0.2, 0.25) is 5.91 Å². The molecule has 3 aliphatic rings. The van der Waals surface area contributed by atoms with E-state index in [0.29, 0.717) is 12.5 Å². The number of amides is 1. The van der Waals surface area contributed by atoms with Crippen molar-refractivity contribution in [3.63, 3.8) is 0 Å². The first kappa shape index (κ1) is 17.0. The van der Waals surface area contributed by atoms with Gasteiger partial charge in [0.1, 0.15) is 0 Å². The van der Waals surface area contributed by atoms with Crippen LogP contribution in [0.5, 0.6) is 0 Å². The summed E-state index contributed by atoms with van der Waals surface area (Å²) in [5, 5.41) is 7.74. The zero-order valence-corrected chi connectivity index (χ0v) is 15.5. The van der Waals surface area contributed by atoms with Crippen LogP contribution in [0.15, 0.2) is 0 Å². The minimum atomic E-state index is 0.325. The van der Waals surface area contributed by atoms with Gasteiger partial charge in [-0.05, 0) is 43.6 Å². The Morgan fingerprint density at radius 2 is 1.80 bits per heavy atom. The van der Waals surface area contributed by atoms with Crippen LogP contribution in [0, 0.1) is 5.92 Å². The molecule has 6 heteroatoms. The third-order valence-electron chi connectivity index (χ3n) is 6.23. The van der Waals surface area contributed by atoms with Crippen LogP contribution in [0.25, 0.3) is 0 Å². The van der Waals surface area contributed by atoms with Gasteiger partial charge in [-0.2, -0.15) is 5.10 Å². The summed E-state index contributed by atoms with van der Waals surface area (Å²) >= 11 is 0. The quantitative estimate of drug-likeness (QED) is 0.893. The van der Waals surface area contributed by atoms with Gasteiger partial charge in [0.05, 0.1) is 12.2 Å². The molecule has 1 aliphatic carbocycles. The molecule has 0 spiro atoms. The van der Waals surface area contributed by atoms with Crippen molar-refractivity contribution in [2.75, 3.05) is 45.8 Å². The van der Waals surface area contributed by atoms with Gasteiger partial charge < -0.3 is 4.90 Å². The average Bonchev–Trinajstić information content (AvgIpc) is 3.22. The van der Waals surface area contributed by atoms with E-state index in [0.717, 1.165) is 71.0 Å². The van der Waals surface area contributed by atoms with Gasteiger partial charge in [-0.15, -0.1) is 0 Å². The molecule has 0 unspecified atom stereocenters. The van der Waals surface area contributed by atoms with Crippen molar-refractivity contribution in [2.24, 2.45) is 5.92 Å². The van der Waals surface area contributed by atoms with Crippen LogP contribution in [0.2, 0.25) is 0 Å². The van der Waals surface area contributed by atoms with Crippen molar-refractivity contribution in [3.8, 4) is 0 Å². The number of H-pyrrole nitrogens is 1. The van der Waals surface area contributed by atoms with Crippen LogP contribution < -0.4 is 0 Å². The first-order chi connectivity index (χ1) is 12.2. The Morgan fingerprint density at radius 1 is 1.08 bits per heavy atom. The molecule has 6 nitrogen and oxygen atoms in total. The number of hydrogen-bond acceptors (Lipinski definition) is 4. The number of aromatic amines is 1. The molecule has 0 aromatic carbocycles. The summed E-state index contributed by atoms with van der Waals surface area (Å²) in [5.74, 6) is 1.10. The number of carbonyl (C=O) groups excluding carboxylic acids is 1. The zero-order valence-electron chi connectivity index (χ0n) is 15.5. The Bertz CT molecular complexity index is 597. The van der Waals surface area contributed by atoms with Crippen molar-refractivity contribution >= 4 is 5.91 Å². The first-order valence-electron chi connectivity index (χ1n) is 9.96. The molecular weight excluding hydrogens is 314 g/mol. The molecule has 1 N–H and O–H groups in total. The maximum atomic E-state index is 12.5. The Hall–Kier alpha value is -1.40. The summed E-state index contributed by atoms with van der Waals surface area (Å²) in [6.45, 7) is 9.78. The highest BCUT2D eigenvalue weighted by Gasteiger charge is 2.25. The lowest BCUT2D eigenvalue weighted by atomic mass is 9.99. The summed E-state index contributed by atoms with van der Waals surface area (Å²) in [5.41, 5.74) is 4.08. The van der Waals surface area contributed by atoms with E-state index in [1.165, 1.54) is 29.8 Å². The molecule has 0 saturated carbocycles. The predicted molar refractivity (Wildman–Crippen MR) is 97.3 cm³/mol. The van der Waals surface area contributed by atoms with Crippen molar-refractivity contribution in [3.05, 3.63) is 17.0 Å². The van der Waals surface area contributed by atoms with Gasteiger partial charge in [0, 0.05) is 51.5 Å². The van der Waals surface area contributed by atoms with E-state index >= 15 is 0 Å². The lowest BCUT2D eigenvalue weighted by Crippen LogP contribution is -2.50. The monoisotopic (exact) mass is 345 g/mol. The highest BCUT2D eigenvalue weighted by molar-refractivity contribution is 5.78.